The number of hydrogen-bond acceptors (Lipinski definition) is 6. The zero-order valence-electron chi connectivity index (χ0n) is 17.8. The molecule has 0 bridgehead atoms. The molecular formula is C23H26N2O4S2. The first-order chi connectivity index (χ1) is 14.6. The van der Waals surface area contributed by atoms with Gasteiger partial charge in [0.1, 0.15) is 11.0 Å². The highest BCUT2D eigenvalue weighted by atomic mass is 32.2. The molecule has 1 amide bonds. The maximum Gasteiger partial charge on any atom is 0.287 e. The molecule has 0 saturated heterocycles. The third-order valence-corrected chi connectivity index (χ3v) is 9.57. The maximum absolute atomic E-state index is 12.5. The predicted octanol–water partition coefficient (Wildman–Crippen LogP) is 4.76. The van der Waals surface area contributed by atoms with E-state index in [0.29, 0.717) is 17.1 Å². The number of benzene rings is 1. The van der Waals surface area contributed by atoms with Crippen molar-refractivity contribution in [3.63, 3.8) is 0 Å². The van der Waals surface area contributed by atoms with E-state index in [1.165, 1.54) is 15.3 Å². The Kier molecular flexibility index (Phi) is 4.79. The van der Waals surface area contributed by atoms with E-state index in [1.54, 1.807) is 30.4 Å². The SMILES string of the molecule is Cc1ccc2sc(C3CC4(CC(NC(=O)c5ccc(C(C)S(C)(=O)=O)o5)C4)C3)nc2c1. The second-order valence-corrected chi connectivity index (χ2v) is 12.8. The summed E-state index contributed by atoms with van der Waals surface area (Å²) in [5.74, 6) is 0.719. The van der Waals surface area contributed by atoms with Gasteiger partial charge in [-0.15, -0.1) is 11.3 Å². The van der Waals surface area contributed by atoms with Crippen LogP contribution < -0.4 is 5.32 Å². The number of nitrogens with zero attached hydrogens (tertiary/aromatic N) is 1. The van der Waals surface area contributed by atoms with Crippen LogP contribution in [0.15, 0.2) is 34.7 Å². The molecule has 2 heterocycles. The Morgan fingerprint density at radius 1 is 1.23 bits per heavy atom. The Hall–Kier alpha value is -2.19. The number of rotatable bonds is 5. The predicted molar refractivity (Wildman–Crippen MR) is 121 cm³/mol. The molecule has 1 aromatic carbocycles. The van der Waals surface area contributed by atoms with Crippen LogP contribution in [0.4, 0.5) is 0 Å². The molecule has 2 aromatic heterocycles. The summed E-state index contributed by atoms with van der Waals surface area (Å²) < 4.78 is 30.1. The number of carbonyl (C=O) groups is 1. The van der Waals surface area contributed by atoms with Crippen LogP contribution in [0.1, 0.15) is 70.7 Å². The zero-order valence-corrected chi connectivity index (χ0v) is 19.5. The van der Waals surface area contributed by atoms with Gasteiger partial charge in [0.25, 0.3) is 5.91 Å². The van der Waals surface area contributed by atoms with E-state index in [2.05, 4.69) is 30.4 Å². The number of sulfone groups is 1. The van der Waals surface area contributed by atoms with Crippen molar-refractivity contribution >= 4 is 37.3 Å². The van der Waals surface area contributed by atoms with E-state index < -0.39 is 15.1 Å². The van der Waals surface area contributed by atoms with E-state index in [9.17, 15) is 13.2 Å². The fourth-order valence-electron chi connectivity index (χ4n) is 4.97. The minimum atomic E-state index is -3.26. The van der Waals surface area contributed by atoms with Crippen molar-refractivity contribution in [3.8, 4) is 0 Å². The molecule has 1 atom stereocenters. The van der Waals surface area contributed by atoms with Gasteiger partial charge in [-0.25, -0.2) is 13.4 Å². The van der Waals surface area contributed by atoms with Gasteiger partial charge in [-0.3, -0.25) is 4.79 Å². The molecule has 3 aromatic rings. The molecule has 1 N–H and O–H groups in total. The summed E-state index contributed by atoms with van der Waals surface area (Å²) in [6.45, 7) is 3.65. The quantitative estimate of drug-likeness (QED) is 0.595. The Morgan fingerprint density at radius 3 is 2.68 bits per heavy atom. The van der Waals surface area contributed by atoms with Gasteiger partial charge in [0, 0.05) is 18.2 Å². The molecule has 8 heteroatoms. The van der Waals surface area contributed by atoms with Crippen LogP contribution in [0.5, 0.6) is 0 Å². The lowest BCUT2D eigenvalue weighted by Crippen LogP contribution is -2.55. The maximum atomic E-state index is 12.5. The summed E-state index contributed by atoms with van der Waals surface area (Å²) in [6, 6.07) is 9.71. The average molecular weight is 459 g/mol. The van der Waals surface area contributed by atoms with Gasteiger partial charge in [0.05, 0.1) is 15.2 Å². The normalized spacial score (nSPS) is 26.4. The van der Waals surface area contributed by atoms with Crippen LogP contribution in [0.3, 0.4) is 0 Å². The van der Waals surface area contributed by atoms with Crippen LogP contribution in [0.25, 0.3) is 10.2 Å². The fourth-order valence-corrected chi connectivity index (χ4v) is 6.57. The molecule has 2 saturated carbocycles. The average Bonchev–Trinajstić information content (AvgIpc) is 3.27. The van der Waals surface area contributed by atoms with Crippen molar-refractivity contribution in [2.45, 2.75) is 56.7 Å². The summed E-state index contributed by atoms with van der Waals surface area (Å²) in [7, 11) is -3.26. The molecule has 6 nitrogen and oxygen atoms in total. The Balaban J connectivity index is 1.15. The minimum absolute atomic E-state index is 0.146. The highest BCUT2D eigenvalue weighted by Gasteiger charge is 2.54. The fraction of sp³-hybridized carbons (Fsp3) is 0.478. The number of thiazole rings is 1. The third-order valence-electron chi connectivity index (χ3n) is 6.86. The van der Waals surface area contributed by atoms with E-state index in [-0.39, 0.29) is 17.7 Å². The standard InChI is InChI=1S/C23H26N2O4S2/c1-13-4-7-20-17(8-13)25-22(30-20)15-9-23(10-15)11-16(12-23)24-21(26)19-6-5-18(29-19)14(2)31(3,27)28/h4-8,14-16H,9-12H2,1-3H3,(H,24,26). The molecule has 1 unspecified atom stereocenters. The van der Waals surface area contributed by atoms with E-state index >= 15 is 0 Å². The summed E-state index contributed by atoms with van der Waals surface area (Å²) in [4.78, 5) is 17.4. The number of hydrogen-bond donors (Lipinski definition) is 1. The van der Waals surface area contributed by atoms with Crippen LogP contribution in [-0.4, -0.2) is 31.6 Å². The minimum Gasteiger partial charge on any atom is -0.455 e. The third kappa shape index (κ3) is 3.80. The number of carbonyl (C=O) groups excluding carboxylic acids is 1. The van der Waals surface area contributed by atoms with Crippen LogP contribution in [-0.2, 0) is 9.84 Å². The highest BCUT2D eigenvalue weighted by molar-refractivity contribution is 7.90. The molecule has 5 rings (SSSR count). The van der Waals surface area contributed by atoms with Gasteiger partial charge in [-0.2, -0.15) is 0 Å². The van der Waals surface area contributed by atoms with Crippen molar-refractivity contribution < 1.29 is 17.6 Å². The second-order valence-electron chi connectivity index (χ2n) is 9.38. The van der Waals surface area contributed by atoms with Gasteiger partial charge < -0.3 is 9.73 Å². The molecule has 31 heavy (non-hydrogen) atoms. The lowest BCUT2D eigenvalue weighted by Gasteiger charge is -2.57. The number of nitrogens with one attached hydrogen (secondary N) is 1. The summed E-state index contributed by atoms with van der Waals surface area (Å²) in [5.41, 5.74) is 2.67. The number of aromatic nitrogens is 1. The zero-order chi connectivity index (χ0) is 22.0. The monoisotopic (exact) mass is 458 g/mol. The van der Waals surface area contributed by atoms with Gasteiger partial charge in [0.2, 0.25) is 0 Å². The Labute approximate surface area is 186 Å². The van der Waals surface area contributed by atoms with Crippen molar-refractivity contribution in [1.29, 1.82) is 0 Å². The van der Waals surface area contributed by atoms with Crippen molar-refractivity contribution in [2.24, 2.45) is 5.41 Å². The topological polar surface area (TPSA) is 89.3 Å². The lowest BCUT2D eigenvalue weighted by molar-refractivity contribution is -0.0190. The summed E-state index contributed by atoms with van der Waals surface area (Å²) >= 11 is 1.80. The molecule has 1 spiro atoms. The van der Waals surface area contributed by atoms with Gasteiger partial charge in [0.15, 0.2) is 15.6 Å². The molecule has 2 aliphatic carbocycles. The van der Waals surface area contributed by atoms with Crippen molar-refractivity contribution in [1.82, 2.24) is 10.3 Å². The van der Waals surface area contributed by atoms with E-state index in [1.807, 2.05) is 0 Å². The van der Waals surface area contributed by atoms with Crippen LogP contribution >= 0.6 is 11.3 Å². The largest absolute Gasteiger partial charge is 0.455 e. The molecule has 2 aliphatic rings. The molecular weight excluding hydrogens is 432 g/mol. The lowest BCUT2D eigenvalue weighted by atomic mass is 9.50. The molecule has 164 valence electrons. The van der Waals surface area contributed by atoms with Crippen LogP contribution in [0, 0.1) is 12.3 Å². The number of aryl methyl sites for hydroxylation is 1. The smallest absolute Gasteiger partial charge is 0.287 e. The van der Waals surface area contributed by atoms with E-state index in [4.69, 9.17) is 9.40 Å². The van der Waals surface area contributed by atoms with Gasteiger partial charge >= 0.3 is 0 Å². The number of furan rings is 1. The summed E-state index contributed by atoms with van der Waals surface area (Å²) in [5, 5.41) is 3.51. The molecule has 2 fully saturated rings. The van der Waals surface area contributed by atoms with Gasteiger partial charge in [-0.05, 0) is 74.8 Å². The van der Waals surface area contributed by atoms with Crippen molar-refractivity contribution in [2.75, 3.05) is 6.26 Å². The van der Waals surface area contributed by atoms with Gasteiger partial charge in [-0.1, -0.05) is 6.07 Å². The van der Waals surface area contributed by atoms with Crippen LogP contribution in [0.2, 0.25) is 0 Å². The first-order valence-corrected chi connectivity index (χ1v) is 13.4. The Morgan fingerprint density at radius 2 is 1.97 bits per heavy atom. The summed E-state index contributed by atoms with van der Waals surface area (Å²) in [6.07, 6.45) is 5.39. The molecule has 0 radical (unpaired) electrons. The highest BCUT2D eigenvalue weighted by Crippen LogP contribution is 2.62. The second kappa shape index (κ2) is 7.17. The first-order valence-electron chi connectivity index (χ1n) is 10.6. The number of fused-ring (bicyclic) bond motifs is 1. The Bertz CT molecular complexity index is 1260. The first kappa shape index (κ1) is 20.7. The molecule has 0 aliphatic heterocycles. The van der Waals surface area contributed by atoms with Crippen molar-refractivity contribution in [3.05, 3.63) is 52.4 Å². The number of amides is 1. The van der Waals surface area contributed by atoms with E-state index in [0.717, 1.165) is 37.5 Å².